The predicted octanol–water partition coefficient (Wildman–Crippen LogP) is 3.83. The third kappa shape index (κ3) is 3.57. The molecule has 0 amide bonds. The number of aromatic amines is 2. The summed E-state index contributed by atoms with van der Waals surface area (Å²) in [6.07, 6.45) is 8.09. The van der Waals surface area contributed by atoms with E-state index in [-0.39, 0.29) is 25.0 Å². The minimum Gasteiger partial charge on any atom is -0.412 e. The quantitative estimate of drug-likeness (QED) is 0.391. The van der Waals surface area contributed by atoms with Gasteiger partial charge in [0.05, 0.1) is 22.8 Å². The van der Waals surface area contributed by atoms with Crippen LogP contribution in [-0.4, -0.2) is 25.4 Å². The van der Waals surface area contributed by atoms with Crippen LogP contribution in [0, 0.1) is 0 Å². The van der Waals surface area contributed by atoms with Crippen molar-refractivity contribution in [2.75, 3.05) is 0 Å². The summed E-state index contributed by atoms with van der Waals surface area (Å²) in [4.78, 5) is 16.0. The summed E-state index contributed by atoms with van der Waals surface area (Å²) in [7, 11) is 0. The molecular weight excluding hydrogens is 378 g/mol. The molecule has 6 heteroatoms. The van der Waals surface area contributed by atoms with Gasteiger partial charge in [0, 0.05) is 41.5 Å². The van der Waals surface area contributed by atoms with Gasteiger partial charge in [-0.05, 0) is 72.8 Å². The van der Waals surface area contributed by atoms with E-state index in [1.165, 1.54) is 0 Å². The fraction of sp³-hybridized carbons (Fsp3) is 0. The molecule has 3 aromatic heterocycles. The van der Waals surface area contributed by atoms with Gasteiger partial charge < -0.3 is 15.4 Å². The Morgan fingerprint density at radius 2 is 0.769 bits per heavy atom. The molecule has 8 bridgehead atoms. The second-order valence-electron chi connectivity index (χ2n) is 5.91. The van der Waals surface area contributed by atoms with E-state index in [0.29, 0.717) is 0 Å². The molecule has 2 aliphatic heterocycles. The maximum absolute atomic E-state index is 4.63. The van der Waals surface area contributed by atoms with Crippen molar-refractivity contribution in [1.82, 2.24) is 19.9 Å². The Hall–Kier alpha value is -2.82. The van der Waals surface area contributed by atoms with Crippen molar-refractivity contribution in [3.63, 3.8) is 0 Å². The molecule has 26 heavy (non-hydrogen) atoms. The van der Waals surface area contributed by atoms with Gasteiger partial charge in [0.1, 0.15) is 0 Å². The number of fused-ring (bicyclic) bond motifs is 8. The van der Waals surface area contributed by atoms with Crippen LogP contribution in [0.3, 0.4) is 0 Å². The molecule has 2 aliphatic rings. The topological polar surface area (TPSA) is 88.9 Å². The standard InChI is InChI=1S/C20H14N4.H2O.Zn/c1-2-14-10-16-5-6-18(23-16)12-20-8-7-19(24-20)11-17-4-3-15(22-17)9-13(1)21-14;;/h1-12,21,24H;1H2;. The van der Waals surface area contributed by atoms with E-state index >= 15 is 0 Å². The number of hydrogen-bond donors (Lipinski definition) is 2. The maximum atomic E-state index is 4.63. The normalized spacial score (nSPS) is 11.7. The first-order valence-electron chi connectivity index (χ1n) is 7.85. The number of nitrogens with one attached hydrogen (secondary N) is 2. The Kier molecular flexibility index (Phi) is 4.98. The smallest absolute Gasteiger partial charge is 0.0658 e. The Morgan fingerprint density at radius 1 is 0.500 bits per heavy atom. The van der Waals surface area contributed by atoms with E-state index in [4.69, 9.17) is 0 Å². The van der Waals surface area contributed by atoms with Crippen LogP contribution in [0.2, 0.25) is 0 Å². The Labute approximate surface area is 162 Å². The second kappa shape index (κ2) is 7.20. The zero-order valence-electron chi connectivity index (χ0n) is 14.0. The SMILES string of the molecule is C1=Cc2cc3ccc(cc4nc(cc5ccc(cc1n2)[nH]5)C=C4)[nH]3.O.[Zn]. The first-order valence-corrected chi connectivity index (χ1v) is 7.85. The van der Waals surface area contributed by atoms with Gasteiger partial charge in [0.25, 0.3) is 0 Å². The summed E-state index contributed by atoms with van der Waals surface area (Å²) in [6, 6.07) is 16.4. The second-order valence-corrected chi connectivity index (χ2v) is 5.91. The van der Waals surface area contributed by atoms with Crippen molar-refractivity contribution >= 4 is 46.4 Å². The molecule has 0 aliphatic carbocycles. The van der Waals surface area contributed by atoms with Crippen LogP contribution in [-0.2, 0) is 19.5 Å². The third-order valence-electron chi connectivity index (χ3n) is 4.04. The van der Waals surface area contributed by atoms with Crippen molar-refractivity contribution in [1.29, 1.82) is 0 Å². The summed E-state index contributed by atoms with van der Waals surface area (Å²) in [5, 5.41) is 0. The number of aromatic nitrogens is 4. The molecule has 4 N–H and O–H groups in total. The summed E-state index contributed by atoms with van der Waals surface area (Å²) < 4.78 is 0. The molecule has 0 fully saturated rings. The Bertz CT molecular complexity index is 996. The predicted molar refractivity (Wildman–Crippen MR) is 102 cm³/mol. The summed E-state index contributed by atoms with van der Waals surface area (Å²) in [6.45, 7) is 0. The minimum absolute atomic E-state index is 0. The van der Waals surface area contributed by atoms with Crippen LogP contribution in [0.15, 0.2) is 48.5 Å². The van der Waals surface area contributed by atoms with Crippen LogP contribution >= 0.6 is 0 Å². The van der Waals surface area contributed by atoms with E-state index in [2.05, 4.69) is 44.2 Å². The van der Waals surface area contributed by atoms with Crippen LogP contribution < -0.4 is 0 Å². The zero-order chi connectivity index (χ0) is 15.9. The van der Waals surface area contributed by atoms with Crippen molar-refractivity contribution < 1.29 is 25.0 Å². The maximum Gasteiger partial charge on any atom is 0.0658 e. The molecule has 0 saturated heterocycles. The van der Waals surface area contributed by atoms with E-state index in [1.807, 2.05) is 48.6 Å². The van der Waals surface area contributed by atoms with E-state index in [1.54, 1.807) is 0 Å². The largest absolute Gasteiger partial charge is 0.412 e. The van der Waals surface area contributed by atoms with E-state index < -0.39 is 0 Å². The van der Waals surface area contributed by atoms with Crippen LogP contribution in [0.1, 0.15) is 22.8 Å². The molecular formula is C20H16N4OZn. The fourth-order valence-corrected chi connectivity index (χ4v) is 2.94. The average molecular weight is 394 g/mol. The van der Waals surface area contributed by atoms with Gasteiger partial charge in [0.15, 0.2) is 0 Å². The van der Waals surface area contributed by atoms with Gasteiger partial charge in [0.2, 0.25) is 0 Å². The van der Waals surface area contributed by atoms with Crippen molar-refractivity contribution in [2.24, 2.45) is 0 Å². The number of nitrogens with zero attached hydrogens (tertiary/aromatic N) is 2. The molecule has 0 radical (unpaired) electrons. The molecule has 0 saturated carbocycles. The molecule has 5 heterocycles. The summed E-state index contributed by atoms with van der Waals surface area (Å²) >= 11 is 0. The van der Waals surface area contributed by atoms with Crippen LogP contribution in [0.5, 0.6) is 0 Å². The molecule has 0 aromatic carbocycles. The van der Waals surface area contributed by atoms with Gasteiger partial charge >= 0.3 is 0 Å². The van der Waals surface area contributed by atoms with E-state index in [9.17, 15) is 0 Å². The van der Waals surface area contributed by atoms with Crippen molar-refractivity contribution in [3.8, 4) is 0 Å². The minimum atomic E-state index is 0. The monoisotopic (exact) mass is 392 g/mol. The molecule has 0 spiro atoms. The van der Waals surface area contributed by atoms with E-state index in [0.717, 1.165) is 44.8 Å². The average Bonchev–Trinajstić information content (AvgIpc) is 3.32. The molecule has 5 nitrogen and oxygen atoms in total. The molecule has 0 unspecified atom stereocenters. The first-order chi connectivity index (χ1) is 11.8. The number of H-pyrrole nitrogens is 2. The Morgan fingerprint density at radius 3 is 1.04 bits per heavy atom. The molecule has 3 aromatic rings. The molecule has 0 atom stereocenters. The first kappa shape index (κ1) is 18.0. The van der Waals surface area contributed by atoms with Gasteiger partial charge in [-0.15, -0.1) is 0 Å². The van der Waals surface area contributed by atoms with Gasteiger partial charge in [-0.25, -0.2) is 9.97 Å². The summed E-state index contributed by atoms with van der Waals surface area (Å²) in [5.41, 5.74) is 7.86. The van der Waals surface area contributed by atoms with Crippen molar-refractivity contribution in [3.05, 3.63) is 71.3 Å². The zero-order valence-corrected chi connectivity index (χ0v) is 17.0. The van der Waals surface area contributed by atoms with Gasteiger partial charge in [-0.3, -0.25) is 0 Å². The van der Waals surface area contributed by atoms with Gasteiger partial charge in [-0.1, -0.05) is 0 Å². The summed E-state index contributed by atoms with van der Waals surface area (Å²) in [5.74, 6) is 0. The van der Waals surface area contributed by atoms with Gasteiger partial charge in [-0.2, -0.15) is 0 Å². The third-order valence-corrected chi connectivity index (χ3v) is 4.04. The number of hydrogen-bond acceptors (Lipinski definition) is 2. The number of rotatable bonds is 0. The fourth-order valence-electron chi connectivity index (χ4n) is 2.94. The van der Waals surface area contributed by atoms with Crippen LogP contribution in [0.25, 0.3) is 46.4 Å². The molecule has 5 rings (SSSR count). The molecule has 124 valence electrons. The Balaban J connectivity index is 0.000000980. The van der Waals surface area contributed by atoms with Crippen molar-refractivity contribution in [2.45, 2.75) is 0 Å². The van der Waals surface area contributed by atoms with Crippen LogP contribution in [0.4, 0.5) is 0 Å².